The molecule has 0 bridgehead atoms. The lowest BCUT2D eigenvalue weighted by molar-refractivity contribution is -0.0637. The minimum atomic E-state index is 0.106. The molecule has 1 aliphatic carbocycles. The van der Waals surface area contributed by atoms with E-state index in [4.69, 9.17) is 4.74 Å². The maximum Gasteiger partial charge on any atom is 0.0939 e. The Morgan fingerprint density at radius 3 is 2.64 bits per heavy atom. The number of ether oxygens (including phenoxy) is 1. The smallest absolute Gasteiger partial charge is 0.0939 e. The van der Waals surface area contributed by atoms with Crippen LogP contribution in [0.15, 0.2) is 24.3 Å². The van der Waals surface area contributed by atoms with E-state index in [9.17, 15) is 0 Å². The van der Waals surface area contributed by atoms with Gasteiger partial charge in [-0.25, -0.2) is 0 Å². The highest BCUT2D eigenvalue weighted by Gasteiger charge is 2.40. The normalized spacial score (nSPS) is 23.7. The lowest BCUT2D eigenvalue weighted by Crippen LogP contribution is -2.27. The molecule has 0 unspecified atom stereocenters. The Kier molecular flexibility index (Phi) is 1.88. The predicted octanol–water partition coefficient (Wildman–Crippen LogP) is 3.38. The summed E-state index contributed by atoms with van der Waals surface area (Å²) in [6, 6.07) is 8.72. The Hall–Kier alpha value is -0.820. The summed E-state index contributed by atoms with van der Waals surface area (Å²) in [7, 11) is 0. The molecule has 1 fully saturated rings. The van der Waals surface area contributed by atoms with Crippen LogP contribution in [0.1, 0.15) is 43.2 Å². The molecule has 1 saturated carbocycles. The Morgan fingerprint density at radius 2 is 1.79 bits per heavy atom. The number of benzene rings is 1. The molecule has 0 radical (unpaired) electrons. The summed E-state index contributed by atoms with van der Waals surface area (Å²) < 4.78 is 6.05. The van der Waals surface area contributed by atoms with Gasteiger partial charge in [0.25, 0.3) is 0 Å². The zero-order valence-electron chi connectivity index (χ0n) is 8.46. The van der Waals surface area contributed by atoms with Gasteiger partial charge in [-0.3, -0.25) is 0 Å². The van der Waals surface area contributed by atoms with Crippen molar-refractivity contribution in [3.63, 3.8) is 0 Å². The van der Waals surface area contributed by atoms with Gasteiger partial charge in [0.05, 0.1) is 12.2 Å². The van der Waals surface area contributed by atoms with Crippen molar-refractivity contribution < 1.29 is 4.74 Å². The lowest BCUT2D eigenvalue weighted by Gasteiger charge is -2.33. The zero-order chi connectivity index (χ0) is 9.43. The van der Waals surface area contributed by atoms with Crippen LogP contribution in [0.3, 0.4) is 0 Å². The summed E-state index contributed by atoms with van der Waals surface area (Å²) in [6.07, 6.45) is 6.49. The van der Waals surface area contributed by atoms with Gasteiger partial charge in [0.15, 0.2) is 0 Å². The maximum atomic E-state index is 6.05. The van der Waals surface area contributed by atoms with Crippen LogP contribution < -0.4 is 0 Å². The van der Waals surface area contributed by atoms with Gasteiger partial charge < -0.3 is 4.74 Å². The van der Waals surface area contributed by atoms with Crippen LogP contribution in [0.25, 0.3) is 0 Å². The van der Waals surface area contributed by atoms with Gasteiger partial charge in [0.1, 0.15) is 0 Å². The second-order valence-corrected chi connectivity index (χ2v) is 4.50. The van der Waals surface area contributed by atoms with E-state index in [1.165, 1.54) is 43.2 Å². The van der Waals surface area contributed by atoms with Crippen LogP contribution >= 0.6 is 0 Å². The summed E-state index contributed by atoms with van der Waals surface area (Å²) >= 11 is 0. The average molecular weight is 188 g/mol. The molecule has 14 heavy (non-hydrogen) atoms. The summed E-state index contributed by atoms with van der Waals surface area (Å²) in [4.78, 5) is 0. The van der Waals surface area contributed by atoms with Crippen LogP contribution in [0, 0.1) is 0 Å². The van der Waals surface area contributed by atoms with Gasteiger partial charge in [-0.05, 0) is 24.0 Å². The molecule has 1 heteroatoms. The van der Waals surface area contributed by atoms with E-state index in [-0.39, 0.29) is 5.60 Å². The molecular weight excluding hydrogens is 172 g/mol. The largest absolute Gasteiger partial charge is 0.366 e. The van der Waals surface area contributed by atoms with Crippen LogP contribution in [-0.4, -0.2) is 0 Å². The van der Waals surface area contributed by atoms with Crippen molar-refractivity contribution >= 4 is 0 Å². The number of fused-ring (bicyclic) bond motifs is 2. The molecular formula is C13H16O. The second kappa shape index (κ2) is 3.09. The molecule has 74 valence electrons. The standard InChI is InChI=1S/C13H16O/c1-4-8-13(9-5-1)12-7-3-2-6-11(12)10-14-13/h2-3,6-7H,1,4-5,8-10H2. The minimum Gasteiger partial charge on any atom is -0.366 e. The summed E-state index contributed by atoms with van der Waals surface area (Å²) in [5, 5.41) is 0. The van der Waals surface area contributed by atoms with Gasteiger partial charge in [0.2, 0.25) is 0 Å². The summed E-state index contributed by atoms with van der Waals surface area (Å²) in [5.41, 5.74) is 2.99. The SMILES string of the molecule is c1ccc2c(c1)COC21CCCCC1. The minimum absolute atomic E-state index is 0.106. The molecule has 0 aromatic heterocycles. The third-order valence-corrected chi connectivity index (χ3v) is 3.67. The quantitative estimate of drug-likeness (QED) is 0.606. The van der Waals surface area contributed by atoms with Crippen molar-refractivity contribution in [2.24, 2.45) is 0 Å². The molecule has 0 atom stereocenters. The molecule has 1 heterocycles. The van der Waals surface area contributed by atoms with E-state index < -0.39 is 0 Å². The average Bonchev–Trinajstić information content (AvgIpc) is 2.60. The molecule has 0 N–H and O–H groups in total. The first kappa shape index (κ1) is 8.49. The molecule has 1 aromatic carbocycles. The molecule has 1 aliphatic heterocycles. The van der Waals surface area contributed by atoms with E-state index in [1.807, 2.05) is 0 Å². The Bertz CT molecular complexity index is 331. The third kappa shape index (κ3) is 1.12. The molecule has 2 aliphatic rings. The first-order valence-electron chi connectivity index (χ1n) is 5.63. The predicted molar refractivity (Wildman–Crippen MR) is 56.0 cm³/mol. The van der Waals surface area contributed by atoms with Gasteiger partial charge in [0, 0.05) is 0 Å². The number of hydrogen-bond acceptors (Lipinski definition) is 1. The van der Waals surface area contributed by atoms with E-state index in [2.05, 4.69) is 24.3 Å². The zero-order valence-corrected chi connectivity index (χ0v) is 8.46. The molecule has 0 saturated heterocycles. The summed E-state index contributed by atoms with van der Waals surface area (Å²) in [6.45, 7) is 0.830. The Morgan fingerprint density at radius 1 is 1.00 bits per heavy atom. The molecule has 0 amide bonds. The molecule has 1 spiro atoms. The van der Waals surface area contributed by atoms with E-state index >= 15 is 0 Å². The van der Waals surface area contributed by atoms with Gasteiger partial charge in [-0.15, -0.1) is 0 Å². The van der Waals surface area contributed by atoms with Crippen molar-refractivity contribution in [3.8, 4) is 0 Å². The van der Waals surface area contributed by atoms with Gasteiger partial charge >= 0.3 is 0 Å². The lowest BCUT2D eigenvalue weighted by atomic mass is 9.79. The first-order valence-corrected chi connectivity index (χ1v) is 5.63. The number of rotatable bonds is 0. The van der Waals surface area contributed by atoms with Crippen LogP contribution in [0.5, 0.6) is 0 Å². The second-order valence-electron chi connectivity index (χ2n) is 4.50. The third-order valence-electron chi connectivity index (χ3n) is 3.67. The van der Waals surface area contributed by atoms with Crippen LogP contribution in [0.4, 0.5) is 0 Å². The monoisotopic (exact) mass is 188 g/mol. The fourth-order valence-electron chi connectivity index (χ4n) is 2.92. The molecule has 3 rings (SSSR count). The molecule has 1 nitrogen and oxygen atoms in total. The highest BCUT2D eigenvalue weighted by Crippen LogP contribution is 2.46. The first-order chi connectivity index (χ1) is 6.91. The van der Waals surface area contributed by atoms with Crippen molar-refractivity contribution in [1.82, 2.24) is 0 Å². The maximum absolute atomic E-state index is 6.05. The van der Waals surface area contributed by atoms with Crippen molar-refractivity contribution in [2.75, 3.05) is 0 Å². The van der Waals surface area contributed by atoms with Crippen molar-refractivity contribution in [3.05, 3.63) is 35.4 Å². The molecule has 1 aromatic rings. The Labute approximate surface area is 85.1 Å². The van der Waals surface area contributed by atoms with Gasteiger partial charge in [-0.2, -0.15) is 0 Å². The van der Waals surface area contributed by atoms with Gasteiger partial charge in [-0.1, -0.05) is 43.5 Å². The fourth-order valence-corrected chi connectivity index (χ4v) is 2.92. The number of hydrogen-bond donors (Lipinski definition) is 0. The van der Waals surface area contributed by atoms with E-state index in [0.29, 0.717) is 0 Å². The van der Waals surface area contributed by atoms with Crippen molar-refractivity contribution in [2.45, 2.75) is 44.3 Å². The highest BCUT2D eigenvalue weighted by atomic mass is 16.5. The van der Waals surface area contributed by atoms with E-state index in [1.54, 1.807) is 0 Å². The van der Waals surface area contributed by atoms with Crippen molar-refractivity contribution in [1.29, 1.82) is 0 Å². The summed E-state index contributed by atoms with van der Waals surface area (Å²) in [5.74, 6) is 0. The fraction of sp³-hybridized carbons (Fsp3) is 0.538. The van der Waals surface area contributed by atoms with Crippen LogP contribution in [0.2, 0.25) is 0 Å². The van der Waals surface area contributed by atoms with E-state index in [0.717, 1.165) is 6.61 Å². The highest BCUT2D eigenvalue weighted by molar-refractivity contribution is 5.35. The topological polar surface area (TPSA) is 9.23 Å². The Balaban J connectivity index is 2.03. The van der Waals surface area contributed by atoms with Crippen LogP contribution in [-0.2, 0) is 16.9 Å².